The average molecular weight is 577 g/mol. The van der Waals surface area contributed by atoms with E-state index in [0.717, 1.165) is 17.1 Å². The van der Waals surface area contributed by atoms with Gasteiger partial charge in [0.1, 0.15) is 23.9 Å². The fourth-order valence-corrected chi connectivity index (χ4v) is 5.32. The van der Waals surface area contributed by atoms with Gasteiger partial charge in [0.25, 0.3) is 0 Å². The van der Waals surface area contributed by atoms with Crippen LogP contribution in [0, 0.1) is 6.92 Å². The number of sulfone groups is 1. The van der Waals surface area contributed by atoms with Crippen LogP contribution in [0.1, 0.15) is 43.9 Å². The minimum atomic E-state index is -3.44. The number of benzene rings is 4. The van der Waals surface area contributed by atoms with Crippen molar-refractivity contribution >= 4 is 9.84 Å². The van der Waals surface area contributed by atoms with Crippen LogP contribution in [-0.2, 0) is 15.3 Å². The molecule has 0 amide bonds. The predicted octanol–water partition coefficient (Wildman–Crippen LogP) is 7.01. The number of aryl methyl sites for hydroxylation is 1. The lowest BCUT2D eigenvalue weighted by Crippen LogP contribution is -2.19. The van der Waals surface area contributed by atoms with Crippen molar-refractivity contribution in [3.05, 3.63) is 114 Å². The van der Waals surface area contributed by atoms with Gasteiger partial charge in [-0.25, -0.2) is 8.42 Å². The molecule has 0 bridgehead atoms. The van der Waals surface area contributed by atoms with Gasteiger partial charge in [-0.3, -0.25) is 0 Å². The van der Waals surface area contributed by atoms with Crippen LogP contribution in [0.3, 0.4) is 0 Å². The van der Waals surface area contributed by atoms with E-state index in [2.05, 4.69) is 38.1 Å². The van der Waals surface area contributed by atoms with Crippen LogP contribution in [0.4, 0.5) is 0 Å². The van der Waals surface area contributed by atoms with E-state index < -0.39 is 15.9 Å². The molecule has 0 aliphatic carbocycles. The third kappa shape index (κ3) is 8.35. The lowest BCUT2D eigenvalue weighted by Gasteiger charge is -2.26. The maximum absolute atomic E-state index is 12.3. The zero-order valence-corrected chi connectivity index (χ0v) is 25.4. The van der Waals surface area contributed by atoms with Gasteiger partial charge in [0.2, 0.25) is 9.84 Å². The van der Waals surface area contributed by atoms with Crippen LogP contribution >= 0.6 is 0 Å². The van der Waals surface area contributed by atoms with Gasteiger partial charge in [-0.05, 0) is 85.1 Å². The summed E-state index contributed by atoms with van der Waals surface area (Å²) in [5, 5.41) is 9.56. The van der Waals surface area contributed by atoms with Gasteiger partial charge in [-0.1, -0.05) is 62.7 Å². The molecule has 0 aliphatic heterocycles. The molecule has 0 aromatic heterocycles. The summed E-state index contributed by atoms with van der Waals surface area (Å²) in [6.07, 6.45) is 0.285. The van der Waals surface area contributed by atoms with Crippen LogP contribution < -0.4 is 14.2 Å². The number of ether oxygens (including phenoxy) is 3. The Morgan fingerprint density at radius 1 is 0.683 bits per heavy atom. The fourth-order valence-electron chi connectivity index (χ4n) is 4.06. The second-order valence-electron chi connectivity index (χ2n) is 10.2. The summed E-state index contributed by atoms with van der Waals surface area (Å²) in [5.41, 5.74) is 3.37. The Morgan fingerprint density at radius 2 is 1.07 bits per heavy atom. The first-order valence-corrected chi connectivity index (χ1v) is 15.0. The Hall–Kier alpha value is -3.81. The predicted molar refractivity (Wildman–Crippen MR) is 163 cm³/mol. The zero-order valence-electron chi connectivity index (χ0n) is 24.6. The highest BCUT2D eigenvalue weighted by Crippen LogP contribution is 2.33. The van der Waals surface area contributed by atoms with Gasteiger partial charge in [0.15, 0.2) is 0 Å². The van der Waals surface area contributed by atoms with Gasteiger partial charge < -0.3 is 19.3 Å². The number of hydrogen-bond acceptors (Lipinski definition) is 6. The van der Waals surface area contributed by atoms with Gasteiger partial charge in [0, 0.05) is 5.41 Å². The van der Waals surface area contributed by atoms with Gasteiger partial charge in [0.05, 0.1) is 30.1 Å². The molecule has 0 saturated carbocycles. The number of aliphatic hydroxyl groups is 1. The highest BCUT2D eigenvalue weighted by Gasteiger charge is 2.23. The maximum atomic E-state index is 12.3. The third-order valence-electron chi connectivity index (χ3n) is 7.00. The zero-order chi connectivity index (χ0) is 30.0. The maximum Gasteiger partial charge on any atom is 0.206 e. The Balaban J connectivity index is 0.000000232. The molecule has 4 rings (SSSR count). The lowest BCUT2D eigenvalue weighted by molar-refractivity contribution is 0.104. The summed E-state index contributed by atoms with van der Waals surface area (Å²) in [6.45, 7) is 8.59. The van der Waals surface area contributed by atoms with Crippen LogP contribution in [0.25, 0.3) is 0 Å². The van der Waals surface area contributed by atoms with Crippen LogP contribution in [-0.4, -0.2) is 40.5 Å². The summed E-state index contributed by atoms with van der Waals surface area (Å²) < 4.78 is 40.4. The molecular formula is C34H40O6S. The van der Waals surface area contributed by atoms with Crippen molar-refractivity contribution in [3.63, 3.8) is 0 Å². The minimum Gasteiger partial charge on any atom is -0.497 e. The first-order chi connectivity index (χ1) is 19.5. The summed E-state index contributed by atoms with van der Waals surface area (Å²) in [6, 6.07) is 29.5. The van der Waals surface area contributed by atoms with Crippen molar-refractivity contribution in [1.29, 1.82) is 0 Å². The van der Waals surface area contributed by atoms with Crippen molar-refractivity contribution in [2.45, 2.75) is 55.4 Å². The molecule has 0 radical (unpaired) electrons. The third-order valence-corrected chi connectivity index (χ3v) is 8.79. The second kappa shape index (κ2) is 14.2. The quantitative estimate of drug-likeness (QED) is 0.219. The molecule has 0 saturated heterocycles. The standard InChI is InChI=1S/C20H26O3.C14H14O3S/c1-5-17(21)14-23-19-12-8-16(9-13-19)20(2,3)15-6-10-18(22-4)11-7-15;1-11-3-7-13(8-4-11)18(15,16)14-9-5-12(17-2)6-10-14/h6-13,17,21H,5,14H2,1-4H3;3-10H,1-2H3. The molecule has 1 atom stereocenters. The monoisotopic (exact) mass is 576 g/mol. The van der Waals surface area contributed by atoms with E-state index in [4.69, 9.17) is 14.2 Å². The molecule has 0 heterocycles. The van der Waals surface area contributed by atoms with Crippen molar-refractivity contribution in [1.82, 2.24) is 0 Å². The highest BCUT2D eigenvalue weighted by atomic mass is 32.2. The SMILES string of the molecule is CCC(O)COc1ccc(C(C)(C)c2ccc(OC)cc2)cc1.COc1ccc(S(=O)(=O)c2ccc(C)cc2)cc1. The topological polar surface area (TPSA) is 82.1 Å². The molecule has 7 heteroatoms. The van der Waals surface area contributed by atoms with Crippen LogP contribution in [0.2, 0.25) is 0 Å². The molecule has 0 fully saturated rings. The minimum absolute atomic E-state index is 0.103. The average Bonchev–Trinajstić information content (AvgIpc) is 3.00. The van der Waals surface area contributed by atoms with E-state index in [1.807, 2.05) is 38.1 Å². The number of aliphatic hydroxyl groups excluding tert-OH is 1. The van der Waals surface area contributed by atoms with Gasteiger partial charge >= 0.3 is 0 Å². The molecule has 4 aromatic rings. The first kappa shape index (κ1) is 31.7. The Labute approximate surface area is 244 Å². The van der Waals surface area contributed by atoms with Crippen molar-refractivity contribution in [3.8, 4) is 17.2 Å². The molecule has 41 heavy (non-hydrogen) atoms. The second-order valence-corrected chi connectivity index (χ2v) is 12.2. The van der Waals surface area contributed by atoms with Crippen molar-refractivity contribution in [2.24, 2.45) is 0 Å². The van der Waals surface area contributed by atoms with Crippen molar-refractivity contribution in [2.75, 3.05) is 20.8 Å². The van der Waals surface area contributed by atoms with Crippen LogP contribution in [0.15, 0.2) is 107 Å². The van der Waals surface area contributed by atoms with Gasteiger partial charge in [-0.2, -0.15) is 0 Å². The molecular weight excluding hydrogens is 536 g/mol. The molecule has 218 valence electrons. The van der Waals surface area contributed by atoms with E-state index in [-0.39, 0.29) is 10.3 Å². The summed E-state index contributed by atoms with van der Waals surface area (Å²) in [7, 11) is -0.216. The number of rotatable bonds is 10. The van der Waals surface area contributed by atoms with E-state index in [1.54, 1.807) is 62.8 Å². The lowest BCUT2D eigenvalue weighted by atomic mass is 9.78. The van der Waals surface area contributed by atoms with E-state index in [1.165, 1.54) is 11.1 Å². The van der Waals surface area contributed by atoms with Gasteiger partial charge in [-0.15, -0.1) is 0 Å². The number of hydrogen-bond donors (Lipinski definition) is 1. The Bertz CT molecular complexity index is 1460. The Morgan fingerprint density at radius 3 is 1.49 bits per heavy atom. The smallest absolute Gasteiger partial charge is 0.206 e. The highest BCUT2D eigenvalue weighted by molar-refractivity contribution is 7.91. The molecule has 0 aliphatic rings. The summed E-state index contributed by atoms with van der Waals surface area (Å²) in [5.74, 6) is 2.28. The molecule has 0 spiro atoms. The summed E-state index contributed by atoms with van der Waals surface area (Å²) >= 11 is 0. The Kier molecular flexibility index (Phi) is 11.0. The van der Waals surface area contributed by atoms with Crippen molar-refractivity contribution < 1.29 is 27.7 Å². The normalized spacial score (nSPS) is 12.1. The number of methoxy groups -OCH3 is 2. The van der Waals surface area contributed by atoms with E-state index >= 15 is 0 Å². The molecule has 4 aromatic carbocycles. The fraction of sp³-hybridized carbons (Fsp3) is 0.294. The molecule has 6 nitrogen and oxygen atoms in total. The molecule has 1 unspecified atom stereocenters. The van der Waals surface area contributed by atoms with E-state index in [9.17, 15) is 13.5 Å². The van der Waals surface area contributed by atoms with E-state index in [0.29, 0.717) is 23.7 Å². The first-order valence-electron chi connectivity index (χ1n) is 13.5. The largest absolute Gasteiger partial charge is 0.497 e. The molecule has 1 N–H and O–H groups in total. The summed E-state index contributed by atoms with van der Waals surface area (Å²) in [4.78, 5) is 0.574. The van der Waals surface area contributed by atoms with Crippen LogP contribution in [0.5, 0.6) is 17.2 Å².